The highest BCUT2D eigenvalue weighted by molar-refractivity contribution is 7.92. The van der Waals surface area contributed by atoms with E-state index in [1.54, 1.807) is 24.6 Å². The zero-order valence-electron chi connectivity index (χ0n) is 18.2. The maximum absolute atomic E-state index is 13.8. The van der Waals surface area contributed by atoms with E-state index in [9.17, 15) is 13.0 Å². The van der Waals surface area contributed by atoms with Crippen LogP contribution in [0, 0.1) is 4.78 Å². The van der Waals surface area contributed by atoms with Gasteiger partial charge in [0.2, 0.25) is 11.7 Å². The molecule has 9 nitrogen and oxygen atoms in total. The fourth-order valence-electron chi connectivity index (χ4n) is 3.52. The first-order valence-corrected chi connectivity index (χ1v) is 12.1. The summed E-state index contributed by atoms with van der Waals surface area (Å²) in [7, 11) is -1.57. The van der Waals surface area contributed by atoms with Crippen LogP contribution in [0.3, 0.4) is 0 Å². The molecule has 1 aliphatic carbocycles. The molecule has 0 aromatic carbocycles. The lowest BCUT2D eigenvalue weighted by molar-refractivity contribution is 0.0172. The first-order valence-electron chi connectivity index (χ1n) is 10.4. The normalized spacial score (nSPS) is 16.3. The van der Waals surface area contributed by atoms with Crippen molar-refractivity contribution in [2.45, 2.75) is 43.4 Å². The van der Waals surface area contributed by atoms with Gasteiger partial charge in [-0.2, -0.15) is 4.98 Å². The number of hydrogen-bond acceptors (Lipinski definition) is 8. The van der Waals surface area contributed by atoms with E-state index in [1.165, 1.54) is 12.3 Å². The smallest absolute Gasteiger partial charge is 0.272 e. The van der Waals surface area contributed by atoms with Crippen molar-refractivity contribution in [3.05, 3.63) is 36.0 Å². The maximum Gasteiger partial charge on any atom is 0.272 e. The monoisotopic (exact) mass is 473 g/mol. The molecule has 1 saturated carbocycles. The summed E-state index contributed by atoms with van der Waals surface area (Å²) in [5.41, 5.74) is 1.06. The largest absolute Gasteiger partial charge is 0.339 e. The van der Waals surface area contributed by atoms with E-state index in [1.807, 2.05) is 0 Å². The second-order valence-corrected chi connectivity index (χ2v) is 10.6. The lowest BCUT2D eigenvalue weighted by Crippen LogP contribution is -2.08. The van der Waals surface area contributed by atoms with E-state index < -0.39 is 15.7 Å². The van der Waals surface area contributed by atoms with Gasteiger partial charge in [0.25, 0.3) is 5.92 Å². The molecule has 12 heteroatoms. The molecule has 5 rings (SSSR count). The summed E-state index contributed by atoms with van der Waals surface area (Å²) in [4.78, 5) is 17.6. The molecule has 1 aliphatic rings. The Morgan fingerprint density at radius 3 is 2.67 bits per heavy atom. The van der Waals surface area contributed by atoms with Crippen LogP contribution >= 0.6 is 0 Å². The van der Waals surface area contributed by atoms with Crippen LogP contribution in [-0.2, 0) is 22.7 Å². The molecule has 4 aromatic rings. The molecular formula is C21H21F2N7O2S. The Morgan fingerprint density at radius 1 is 1.24 bits per heavy atom. The summed E-state index contributed by atoms with van der Waals surface area (Å²) in [6.07, 6.45) is 4.63. The Bertz CT molecular complexity index is 1480. The van der Waals surface area contributed by atoms with Crippen LogP contribution in [0.4, 0.5) is 8.78 Å². The van der Waals surface area contributed by atoms with Gasteiger partial charge >= 0.3 is 0 Å². The third-order valence-electron chi connectivity index (χ3n) is 5.67. The second-order valence-electron chi connectivity index (χ2n) is 8.21. The maximum atomic E-state index is 13.8. The topological polar surface area (TPSA) is 123 Å². The minimum atomic E-state index is -3.23. The van der Waals surface area contributed by atoms with E-state index >= 15 is 0 Å². The summed E-state index contributed by atoms with van der Waals surface area (Å²) in [6.45, 7) is 2.44. The highest BCUT2D eigenvalue weighted by Gasteiger charge is 2.31. The van der Waals surface area contributed by atoms with Crippen LogP contribution in [0.1, 0.15) is 44.1 Å². The van der Waals surface area contributed by atoms with E-state index in [4.69, 9.17) is 9.30 Å². The molecular weight excluding hydrogens is 452 g/mol. The standard InChI is InChI=1S/C21H21F2N7O2S/c1-4-33(24,31)15-7-12(17-28-20(32-29-17)11-5-6-11)9-25-16(15)19-27-14-8-13(21(2,22)23)10-26-18(14)30(19)3/h7-11,24H,4-6H2,1-3H3. The van der Waals surface area contributed by atoms with E-state index in [2.05, 4.69) is 25.1 Å². The Balaban J connectivity index is 1.67. The van der Waals surface area contributed by atoms with Gasteiger partial charge in [0.05, 0.1) is 14.6 Å². The number of pyridine rings is 2. The lowest BCUT2D eigenvalue weighted by atomic mass is 10.2. The number of rotatable bonds is 6. The molecule has 1 N–H and O–H groups in total. The van der Waals surface area contributed by atoms with Crippen LogP contribution < -0.4 is 0 Å². The number of hydrogen-bond donors (Lipinski definition) is 1. The summed E-state index contributed by atoms with van der Waals surface area (Å²) >= 11 is 0. The molecule has 1 unspecified atom stereocenters. The van der Waals surface area contributed by atoms with Crippen LogP contribution in [0.15, 0.2) is 33.9 Å². The molecule has 0 radical (unpaired) electrons. The third-order valence-corrected chi connectivity index (χ3v) is 7.50. The fourth-order valence-corrected chi connectivity index (χ4v) is 4.60. The van der Waals surface area contributed by atoms with Crippen LogP contribution in [0.2, 0.25) is 0 Å². The van der Waals surface area contributed by atoms with Crippen LogP contribution in [0.25, 0.3) is 34.1 Å². The minimum Gasteiger partial charge on any atom is -0.339 e. The minimum absolute atomic E-state index is 0.0547. The van der Waals surface area contributed by atoms with Gasteiger partial charge in [-0.1, -0.05) is 12.1 Å². The average molecular weight is 474 g/mol. The van der Waals surface area contributed by atoms with Crippen molar-refractivity contribution in [1.29, 1.82) is 4.78 Å². The number of nitrogens with zero attached hydrogens (tertiary/aromatic N) is 6. The van der Waals surface area contributed by atoms with Crippen molar-refractivity contribution in [3.8, 4) is 22.9 Å². The first kappa shape index (κ1) is 21.6. The summed E-state index contributed by atoms with van der Waals surface area (Å²) in [5, 5.41) is 4.00. The zero-order chi connectivity index (χ0) is 23.5. The third kappa shape index (κ3) is 3.77. The summed E-state index contributed by atoms with van der Waals surface area (Å²) in [6, 6.07) is 2.84. The van der Waals surface area contributed by atoms with Gasteiger partial charge in [-0.3, -0.25) is 4.98 Å². The van der Waals surface area contributed by atoms with Crippen molar-refractivity contribution < 1.29 is 17.5 Å². The predicted molar refractivity (Wildman–Crippen MR) is 116 cm³/mol. The molecule has 33 heavy (non-hydrogen) atoms. The van der Waals surface area contributed by atoms with Gasteiger partial charge in [0.15, 0.2) is 11.5 Å². The van der Waals surface area contributed by atoms with Crippen molar-refractivity contribution in [2.24, 2.45) is 7.05 Å². The van der Waals surface area contributed by atoms with Gasteiger partial charge in [-0.25, -0.2) is 27.7 Å². The predicted octanol–water partition coefficient (Wildman–Crippen LogP) is 4.49. The number of nitrogens with one attached hydrogen (secondary N) is 1. The van der Waals surface area contributed by atoms with Gasteiger partial charge in [-0.05, 0) is 25.0 Å². The average Bonchev–Trinajstić information content (AvgIpc) is 3.42. The number of aromatic nitrogens is 6. The zero-order valence-corrected chi connectivity index (χ0v) is 19.0. The molecule has 0 bridgehead atoms. The lowest BCUT2D eigenvalue weighted by Gasteiger charge is -2.11. The molecule has 172 valence electrons. The van der Waals surface area contributed by atoms with E-state index in [-0.39, 0.29) is 39.2 Å². The molecule has 0 amide bonds. The number of halogens is 2. The molecule has 1 atom stereocenters. The Hall–Kier alpha value is -3.28. The van der Waals surface area contributed by atoms with Crippen molar-refractivity contribution >= 4 is 20.9 Å². The molecule has 0 saturated heterocycles. The van der Waals surface area contributed by atoms with Crippen molar-refractivity contribution in [3.63, 3.8) is 0 Å². The van der Waals surface area contributed by atoms with E-state index in [0.717, 1.165) is 26.0 Å². The SMILES string of the molecule is CCS(=N)(=O)c1cc(-c2noc(C3CC3)n2)cnc1-c1nc2cc(C(C)(F)F)cnc2n1C. The Labute approximate surface area is 188 Å². The molecule has 0 spiro atoms. The molecule has 1 fully saturated rings. The first-order chi connectivity index (χ1) is 15.6. The van der Waals surface area contributed by atoms with Gasteiger partial charge in [-0.15, -0.1) is 0 Å². The van der Waals surface area contributed by atoms with Crippen molar-refractivity contribution in [1.82, 2.24) is 29.7 Å². The molecule has 4 aromatic heterocycles. The summed E-state index contributed by atoms with van der Waals surface area (Å²) in [5.74, 6) is -1.59. The molecule has 4 heterocycles. The van der Waals surface area contributed by atoms with E-state index in [0.29, 0.717) is 22.9 Å². The second kappa shape index (κ2) is 7.37. The van der Waals surface area contributed by atoms with Gasteiger partial charge in [0, 0.05) is 49.2 Å². The number of alkyl halides is 2. The quantitative estimate of drug-likeness (QED) is 0.437. The number of imidazole rings is 1. The number of aryl methyl sites for hydroxylation is 1. The molecule has 0 aliphatic heterocycles. The Morgan fingerprint density at radius 2 is 2.00 bits per heavy atom. The van der Waals surface area contributed by atoms with Crippen molar-refractivity contribution in [2.75, 3.05) is 5.75 Å². The highest BCUT2D eigenvalue weighted by atomic mass is 32.2. The number of fused-ring (bicyclic) bond motifs is 1. The van der Waals surface area contributed by atoms with Crippen LogP contribution in [0.5, 0.6) is 0 Å². The fraction of sp³-hybridized carbons (Fsp3) is 0.381. The highest BCUT2D eigenvalue weighted by Crippen LogP contribution is 2.40. The summed E-state index contributed by atoms with van der Waals surface area (Å²) < 4.78 is 56.1. The van der Waals surface area contributed by atoms with Gasteiger partial charge in [0.1, 0.15) is 11.2 Å². The van der Waals surface area contributed by atoms with Gasteiger partial charge < -0.3 is 9.09 Å². The van der Waals surface area contributed by atoms with Crippen LogP contribution in [-0.4, -0.2) is 39.6 Å². The Kier molecular flexibility index (Phi) is 4.82.